The summed E-state index contributed by atoms with van der Waals surface area (Å²) < 4.78 is 44.8. The number of aliphatic imine (C=N–C) groups is 1. The molecule has 0 bridgehead atoms. The van der Waals surface area contributed by atoms with Gasteiger partial charge in [0.2, 0.25) is 10.0 Å². The molecule has 0 aromatic heterocycles. The van der Waals surface area contributed by atoms with Crippen LogP contribution in [0.2, 0.25) is 5.02 Å². The zero-order valence-corrected chi connectivity index (χ0v) is 21.5. The number of nitrogens with zero attached hydrogens (tertiary/aromatic N) is 2. The summed E-state index contributed by atoms with van der Waals surface area (Å²) in [7, 11) is -3.33. The van der Waals surface area contributed by atoms with E-state index in [9.17, 15) is 12.8 Å². The van der Waals surface area contributed by atoms with Gasteiger partial charge in [-0.15, -0.1) is 24.0 Å². The normalized spacial score (nSPS) is 16.1. The van der Waals surface area contributed by atoms with Gasteiger partial charge in [-0.05, 0) is 24.6 Å². The van der Waals surface area contributed by atoms with Gasteiger partial charge < -0.3 is 15.4 Å². The van der Waals surface area contributed by atoms with E-state index in [1.54, 1.807) is 6.07 Å². The molecule has 0 spiro atoms. The number of rotatable bonds is 8. The van der Waals surface area contributed by atoms with Crippen LogP contribution in [0.15, 0.2) is 23.2 Å². The highest BCUT2D eigenvalue weighted by Gasteiger charge is 2.25. The molecule has 1 aromatic rings. The van der Waals surface area contributed by atoms with Gasteiger partial charge in [-0.25, -0.2) is 12.8 Å². The van der Waals surface area contributed by atoms with Crippen molar-refractivity contribution in [2.24, 2.45) is 4.99 Å². The van der Waals surface area contributed by atoms with Crippen LogP contribution in [0.25, 0.3) is 0 Å². The van der Waals surface area contributed by atoms with Crippen LogP contribution in [0.5, 0.6) is 0 Å². The van der Waals surface area contributed by atoms with Gasteiger partial charge in [0.1, 0.15) is 5.82 Å². The predicted octanol–water partition coefficient (Wildman–Crippen LogP) is 2.59. The third-order valence-corrected chi connectivity index (χ3v) is 6.84. The summed E-state index contributed by atoms with van der Waals surface area (Å²) in [4.78, 5) is 4.57. The van der Waals surface area contributed by atoms with Crippen LogP contribution in [0.1, 0.15) is 26.3 Å². The molecule has 7 nitrogen and oxygen atoms in total. The molecule has 0 amide bonds. The summed E-state index contributed by atoms with van der Waals surface area (Å²) in [6.45, 7) is 8.79. The number of benzene rings is 1. The third-order valence-electron chi connectivity index (χ3n) is 4.65. The summed E-state index contributed by atoms with van der Waals surface area (Å²) in [5, 5.41) is 6.55. The van der Waals surface area contributed by atoms with Crippen LogP contribution in [0.3, 0.4) is 0 Å². The van der Waals surface area contributed by atoms with Gasteiger partial charge in [0.25, 0.3) is 0 Å². The molecule has 1 aromatic carbocycles. The van der Waals surface area contributed by atoms with Crippen LogP contribution >= 0.6 is 35.6 Å². The molecule has 1 fully saturated rings. The van der Waals surface area contributed by atoms with E-state index in [0.717, 1.165) is 5.56 Å². The van der Waals surface area contributed by atoms with Crippen molar-refractivity contribution < 1.29 is 17.5 Å². The van der Waals surface area contributed by atoms with Gasteiger partial charge in [0.15, 0.2) is 5.96 Å². The summed E-state index contributed by atoms with van der Waals surface area (Å²) >= 11 is 6.20. The Balaban J connectivity index is 0.00000450. The number of hydrogen-bond donors (Lipinski definition) is 2. The number of halogens is 3. The first-order valence-electron chi connectivity index (χ1n) is 9.69. The van der Waals surface area contributed by atoms with Crippen molar-refractivity contribution >= 4 is 51.6 Å². The summed E-state index contributed by atoms with van der Waals surface area (Å²) in [6, 6.07) is 4.34. The number of guanidine groups is 1. The molecule has 1 saturated heterocycles. The van der Waals surface area contributed by atoms with E-state index in [4.69, 9.17) is 16.3 Å². The van der Waals surface area contributed by atoms with Crippen molar-refractivity contribution in [1.82, 2.24) is 14.9 Å². The molecule has 2 rings (SSSR count). The molecule has 0 saturated carbocycles. The summed E-state index contributed by atoms with van der Waals surface area (Å²) in [5.74, 6) is 0.121. The number of hydrogen-bond acceptors (Lipinski definition) is 4. The molecule has 1 heterocycles. The Kier molecular flexibility index (Phi) is 11.3. The Morgan fingerprint density at radius 1 is 1.30 bits per heavy atom. The average molecular weight is 577 g/mol. The highest BCUT2D eigenvalue weighted by molar-refractivity contribution is 14.0. The van der Waals surface area contributed by atoms with Crippen molar-refractivity contribution in [3.8, 4) is 0 Å². The maximum Gasteiger partial charge on any atom is 0.215 e. The third kappa shape index (κ3) is 8.10. The molecule has 0 unspecified atom stereocenters. The first kappa shape index (κ1) is 27.3. The first-order chi connectivity index (χ1) is 13.7. The van der Waals surface area contributed by atoms with Gasteiger partial charge >= 0.3 is 0 Å². The Morgan fingerprint density at radius 3 is 2.57 bits per heavy atom. The molecular formula is C19H31ClFIN4O3S. The predicted molar refractivity (Wildman–Crippen MR) is 130 cm³/mol. The van der Waals surface area contributed by atoms with Gasteiger partial charge in [0.05, 0.1) is 25.5 Å². The molecule has 0 radical (unpaired) electrons. The fourth-order valence-corrected chi connectivity index (χ4v) is 4.74. The van der Waals surface area contributed by atoms with Crippen LogP contribution in [-0.2, 0) is 20.2 Å². The smallest absolute Gasteiger partial charge is 0.215 e. The number of sulfonamides is 1. The van der Waals surface area contributed by atoms with E-state index in [1.165, 1.54) is 16.4 Å². The topological polar surface area (TPSA) is 83.0 Å². The second-order valence-corrected chi connectivity index (χ2v) is 9.95. The van der Waals surface area contributed by atoms with E-state index in [2.05, 4.69) is 15.6 Å². The summed E-state index contributed by atoms with van der Waals surface area (Å²) in [5.41, 5.74) is 0.377. The molecule has 0 aliphatic carbocycles. The highest BCUT2D eigenvalue weighted by atomic mass is 127. The van der Waals surface area contributed by atoms with Crippen molar-refractivity contribution in [3.63, 3.8) is 0 Å². The van der Waals surface area contributed by atoms with Gasteiger partial charge in [-0.1, -0.05) is 31.5 Å². The lowest BCUT2D eigenvalue weighted by molar-refractivity contribution is 0.0730. The minimum absolute atomic E-state index is 0. The van der Waals surface area contributed by atoms with Crippen molar-refractivity contribution in [2.75, 3.05) is 51.7 Å². The highest BCUT2D eigenvalue weighted by Crippen LogP contribution is 2.30. The molecular weight excluding hydrogens is 546 g/mol. The van der Waals surface area contributed by atoms with Crippen molar-refractivity contribution in [2.45, 2.75) is 26.2 Å². The minimum atomic E-state index is -3.33. The number of morpholine rings is 1. The van der Waals surface area contributed by atoms with Gasteiger partial charge in [0, 0.05) is 36.6 Å². The lowest BCUT2D eigenvalue weighted by Crippen LogP contribution is -2.45. The number of ether oxygens (including phenoxy) is 1. The Labute approximate surface area is 200 Å². The monoisotopic (exact) mass is 576 g/mol. The van der Waals surface area contributed by atoms with E-state index in [0.29, 0.717) is 50.4 Å². The fourth-order valence-electron chi connectivity index (χ4n) is 2.99. The van der Waals surface area contributed by atoms with Crippen LogP contribution in [-0.4, -0.2) is 70.4 Å². The maximum atomic E-state index is 13.3. The molecule has 1 aliphatic heterocycles. The largest absolute Gasteiger partial charge is 0.379 e. The van der Waals surface area contributed by atoms with Gasteiger partial charge in [-0.3, -0.25) is 4.99 Å². The van der Waals surface area contributed by atoms with Crippen LogP contribution in [0.4, 0.5) is 4.39 Å². The zero-order valence-electron chi connectivity index (χ0n) is 17.6. The summed E-state index contributed by atoms with van der Waals surface area (Å²) in [6.07, 6.45) is 0. The van der Waals surface area contributed by atoms with Gasteiger partial charge in [-0.2, -0.15) is 4.31 Å². The molecule has 172 valence electrons. The molecule has 11 heteroatoms. The van der Waals surface area contributed by atoms with E-state index in [-0.39, 0.29) is 42.1 Å². The average Bonchev–Trinajstić information content (AvgIpc) is 2.66. The zero-order chi connectivity index (χ0) is 21.5. The second kappa shape index (κ2) is 12.4. The Bertz CT molecular complexity index is 818. The number of nitrogens with one attached hydrogen (secondary N) is 2. The fraction of sp³-hybridized carbons (Fsp3) is 0.632. The molecule has 1 aliphatic rings. The van der Waals surface area contributed by atoms with Crippen molar-refractivity contribution in [3.05, 3.63) is 34.6 Å². The first-order valence-corrected chi connectivity index (χ1v) is 11.7. The molecule has 0 atom stereocenters. The molecule has 2 N–H and O–H groups in total. The standard InChI is InChI=1S/C19H30ClFN4O3S.HI/c1-4-22-18(23-7-12-29(26,27)25-8-10-28-11-9-25)24-14-19(2,3)16-6-5-15(21)13-17(16)20;/h5-6,13H,4,7-12,14H2,1-3H3,(H2,22,23,24);1H. The van der Waals surface area contributed by atoms with Crippen LogP contribution in [0, 0.1) is 5.82 Å². The minimum Gasteiger partial charge on any atom is -0.379 e. The lowest BCUT2D eigenvalue weighted by Gasteiger charge is -2.26. The quantitative estimate of drug-likeness (QED) is 0.283. The van der Waals surface area contributed by atoms with E-state index in [1.807, 2.05) is 20.8 Å². The lowest BCUT2D eigenvalue weighted by atomic mass is 9.84. The van der Waals surface area contributed by atoms with E-state index < -0.39 is 15.4 Å². The van der Waals surface area contributed by atoms with Crippen LogP contribution < -0.4 is 10.6 Å². The van der Waals surface area contributed by atoms with E-state index >= 15 is 0 Å². The Hall–Kier alpha value is -0.690. The maximum absolute atomic E-state index is 13.3. The second-order valence-electron chi connectivity index (χ2n) is 7.46. The molecule has 30 heavy (non-hydrogen) atoms. The SMILES string of the molecule is CCNC(=NCC(C)(C)c1ccc(F)cc1Cl)NCCS(=O)(=O)N1CCOCC1.I. The Morgan fingerprint density at radius 2 is 1.97 bits per heavy atom. The van der Waals surface area contributed by atoms with Crippen molar-refractivity contribution in [1.29, 1.82) is 0 Å².